The molecule has 0 amide bonds. The average Bonchev–Trinajstić information content (AvgIpc) is 2.55. The molecule has 2 rings (SSSR count). The van der Waals surface area contributed by atoms with Crippen LogP contribution in [0.3, 0.4) is 0 Å². The molecule has 0 spiro atoms. The number of halogens is 3. The molecule has 0 atom stereocenters. The molecule has 0 unspecified atom stereocenters. The molecular formula is C8H8F3N3O2. The number of aromatic carboxylic acids is 1. The van der Waals surface area contributed by atoms with Crippen molar-refractivity contribution in [2.24, 2.45) is 0 Å². The van der Waals surface area contributed by atoms with Gasteiger partial charge >= 0.3 is 12.1 Å². The number of hydrogen-bond donors (Lipinski definition) is 2. The van der Waals surface area contributed by atoms with Gasteiger partial charge in [-0.25, -0.2) is 9.48 Å². The first kappa shape index (κ1) is 10.8. The van der Waals surface area contributed by atoms with Crippen molar-refractivity contribution in [2.75, 3.05) is 11.9 Å². The second kappa shape index (κ2) is 3.39. The second-order valence-electron chi connectivity index (χ2n) is 3.38. The van der Waals surface area contributed by atoms with E-state index in [1.54, 1.807) is 0 Å². The first-order chi connectivity index (χ1) is 7.41. The third kappa shape index (κ3) is 1.59. The lowest BCUT2D eigenvalue weighted by Gasteiger charge is -2.15. The summed E-state index contributed by atoms with van der Waals surface area (Å²) >= 11 is 0. The molecule has 1 aliphatic heterocycles. The normalized spacial score (nSPS) is 15.4. The summed E-state index contributed by atoms with van der Waals surface area (Å²) in [6.45, 7) is 0.738. The Morgan fingerprint density at radius 1 is 1.50 bits per heavy atom. The number of nitrogens with one attached hydrogen (secondary N) is 1. The van der Waals surface area contributed by atoms with Crippen LogP contribution >= 0.6 is 0 Å². The number of aryl methyl sites for hydroxylation is 1. The number of carboxylic acid groups (broad SMARTS) is 1. The van der Waals surface area contributed by atoms with E-state index < -0.39 is 23.4 Å². The van der Waals surface area contributed by atoms with Crippen LogP contribution in [0.25, 0.3) is 0 Å². The first-order valence-electron chi connectivity index (χ1n) is 4.56. The smallest absolute Gasteiger partial charge is 0.436 e. The summed E-state index contributed by atoms with van der Waals surface area (Å²) in [7, 11) is 0. The lowest BCUT2D eigenvalue weighted by Crippen LogP contribution is -2.19. The number of carboxylic acids is 1. The Morgan fingerprint density at radius 3 is 2.75 bits per heavy atom. The van der Waals surface area contributed by atoms with Crippen molar-refractivity contribution >= 4 is 11.8 Å². The Kier molecular flexibility index (Phi) is 2.28. The number of nitrogens with zero attached hydrogens (tertiary/aromatic N) is 2. The molecule has 5 nitrogen and oxygen atoms in total. The Balaban J connectivity index is 2.61. The molecule has 0 fully saturated rings. The van der Waals surface area contributed by atoms with Gasteiger partial charge in [-0.3, -0.25) is 0 Å². The summed E-state index contributed by atoms with van der Waals surface area (Å²) in [4.78, 5) is 10.8. The molecular weight excluding hydrogens is 227 g/mol. The summed E-state index contributed by atoms with van der Waals surface area (Å²) in [5.41, 5.74) is -2.14. The zero-order valence-corrected chi connectivity index (χ0v) is 8.01. The molecule has 1 aromatic heterocycles. The van der Waals surface area contributed by atoms with E-state index in [4.69, 9.17) is 5.11 Å². The third-order valence-corrected chi connectivity index (χ3v) is 2.27. The number of anilines is 1. The predicted octanol–water partition coefficient (Wildman–Crippen LogP) is 1.42. The lowest BCUT2D eigenvalue weighted by atomic mass is 10.2. The topological polar surface area (TPSA) is 67.1 Å². The highest BCUT2D eigenvalue weighted by Crippen LogP contribution is 2.35. The van der Waals surface area contributed by atoms with E-state index in [2.05, 4.69) is 10.4 Å². The lowest BCUT2D eigenvalue weighted by molar-refractivity contribution is -0.142. The summed E-state index contributed by atoms with van der Waals surface area (Å²) < 4.78 is 38.6. The molecule has 2 N–H and O–H groups in total. The summed E-state index contributed by atoms with van der Waals surface area (Å²) in [6.07, 6.45) is -4.13. The molecule has 0 aromatic carbocycles. The van der Waals surface area contributed by atoms with E-state index in [0.717, 1.165) is 4.68 Å². The van der Waals surface area contributed by atoms with Crippen molar-refractivity contribution in [3.8, 4) is 0 Å². The highest BCUT2D eigenvalue weighted by Gasteiger charge is 2.42. The van der Waals surface area contributed by atoms with Gasteiger partial charge in [0, 0.05) is 13.1 Å². The number of aromatic nitrogens is 2. The Bertz CT molecular complexity index is 438. The minimum Gasteiger partial charge on any atom is -0.477 e. The number of alkyl halides is 3. The van der Waals surface area contributed by atoms with Crippen molar-refractivity contribution in [1.82, 2.24) is 9.78 Å². The second-order valence-corrected chi connectivity index (χ2v) is 3.38. The average molecular weight is 235 g/mol. The van der Waals surface area contributed by atoms with Gasteiger partial charge in [0.1, 0.15) is 11.4 Å². The predicted molar refractivity (Wildman–Crippen MR) is 47.3 cm³/mol. The van der Waals surface area contributed by atoms with Gasteiger partial charge in [0.25, 0.3) is 0 Å². The SMILES string of the molecule is O=C(O)c1c(C(F)(F)F)nn2c1NCCC2. The van der Waals surface area contributed by atoms with Crippen LogP contribution in [0.15, 0.2) is 0 Å². The van der Waals surface area contributed by atoms with Crippen LogP contribution in [0.4, 0.5) is 19.0 Å². The Morgan fingerprint density at radius 2 is 2.19 bits per heavy atom. The van der Waals surface area contributed by atoms with Gasteiger partial charge in [-0.2, -0.15) is 18.3 Å². The fraction of sp³-hybridized carbons (Fsp3) is 0.500. The highest BCUT2D eigenvalue weighted by atomic mass is 19.4. The van der Waals surface area contributed by atoms with E-state index in [1.165, 1.54) is 0 Å². The standard InChI is InChI=1S/C8H8F3N3O2/c9-8(10,11)5-4(7(15)16)6-12-2-1-3-14(6)13-5/h12H,1-3H2,(H,15,16). The fourth-order valence-electron chi connectivity index (χ4n) is 1.64. The maximum absolute atomic E-state index is 12.5. The van der Waals surface area contributed by atoms with Crippen molar-refractivity contribution in [3.63, 3.8) is 0 Å². The Labute approximate surface area is 87.9 Å². The highest BCUT2D eigenvalue weighted by molar-refractivity contribution is 5.95. The summed E-state index contributed by atoms with van der Waals surface area (Å²) in [5.74, 6) is -1.69. The molecule has 0 saturated carbocycles. The quantitative estimate of drug-likeness (QED) is 0.772. The number of hydrogen-bond acceptors (Lipinski definition) is 3. The fourth-order valence-corrected chi connectivity index (χ4v) is 1.64. The van der Waals surface area contributed by atoms with E-state index >= 15 is 0 Å². The molecule has 2 heterocycles. The maximum atomic E-state index is 12.5. The molecule has 1 aliphatic rings. The van der Waals surface area contributed by atoms with Crippen LogP contribution in [0, 0.1) is 0 Å². The number of fused-ring (bicyclic) bond motifs is 1. The van der Waals surface area contributed by atoms with Crippen LogP contribution in [0.1, 0.15) is 22.5 Å². The monoisotopic (exact) mass is 235 g/mol. The van der Waals surface area contributed by atoms with Gasteiger partial charge in [0.05, 0.1) is 0 Å². The van der Waals surface area contributed by atoms with Gasteiger partial charge in [-0.15, -0.1) is 0 Å². The van der Waals surface area contributed by atoms with Crippen molar-refractivity contribution in [3.05, 3.63) is 11.3 Å². The molecule has 16 heavy (non-hydrogen) atoms. The summed E-state index contributed by atoms with van der Waals surface area (Å²) in [6, 6.07) is 0. The largest absolute Gasteiger partial charge is 0.477 e. The van der Waals surface area contributed by atoms with Gasteiger partial charge in [-0.1, -0.05) is 0 Å². The van der Waals surface area contributed by atoms with Crippen LogP contribution in [-0.2, 0) is 12.7 Å². The molecule has 0 bridgehead atoms. The van der Waals surface area contributed by atoms with Crippen LogP contribution in [-0.4, -0.2) is 27.4 Å². The van der Waals surface area contributed by atoms with Gasteiger partial charge in [0.15, 0.2) is 5.69 Å². The van der Waals surface area contributed by atoms with Crippen molar-refractivity contribution in [2.45, 2.75) is 19.1 Å². The zero-order chi connectivity index (χ0) is 11.9. The van der Waals surface area contributed by atoms with Crippen molar-refractivity contribution in [1.29, 1.82) is 0 Å². The summed E-state index contributed by atoms with van der Waals surface area (Å²) in [5, 5.41) is 14.7. The van der Waals surface area contributed by atoms with Crippen molar-refractivity contribution < 1.29 is 23.1 Å². The molecule has 0 saturated heterocycles. The molecule has 0 radical (unpaired) electrons. The first-order valence-corrected chi connectivity index (χ1v) is 4.56. The molecule has 88 valence electrons. The number of carbonyl (C=O) groups is 1. The third-order valence-electron chi connectivity index (χ3n) is 2.27. The maximum Gasteiger partial charge on any atom is 0.436 e. The zero-order valence-electron chi connectivity index (χ0n) is 8.01. The van der Waals surface area contributed by atoms with Gasteiger partial charge in [-0.05, 0) is 6.42 Å². The van der Waals surface area contributed by atoms with E-state index in [-0.39, 0.29) is 5.82 Å². The van der Waals surface area contributed by atoms with E-state index in [0.29, 0.717) is 19.5 Å². The van der Waals surface area contributed by atoms with Gasteiger partial charge < -0.3 is 10.4 Å². The molecule has 1 aromatic rings. The molecule has 8 heteroatoms. The van der Waals surface area contributed by atoms with Crippen LogP contribution in [0.5, 0.6) is 0 Å². The van der Waals surface area contributed by atoms with Gasteiger partial charge in [0.2, 0.25) is 0 Å². The Hall–Kier alpha value is -1.73. The molecule has 0 aliphatic carbocycles. The van der Waals surface area contributed by atoms with Crippen LogP contribution in [0.2, 0.25) is 0 Å². The minimum absolute atomic E-state index is 0.0638. The van der Waals surface area contributed by atoms with Crippen LogP contribution < -0.4 is 5.32 Å². The minimum atomic E-state index is -4.75. The van der Waals surface area contributed by atoms with E-state index in [1.807, 2.05) is 0 Å². The van der Waals surface area contributed by atoms with E-state index in [9.17, 15) is 18.0 Å². The number of rotatable bonds is 1.